The monoisotopic (exact) mass is 244 g/mol. The van der Waals surface area contributed by atoms with Crippen LogP contribution in [0, 0.1) is 11.7 Å². The van der Waals surface area contributed by atoms with Gasteiger partial charge in [0.15, 0.2) is 5.82 Å². The number of ether oxygens (including phenoxy) is 1. The van der Waals surface area contributed by atoms with Crippen molar-refractivity contribution in [1.29, 1.82) is 0 Å². The summed E-state index contributed by atoms with van der Waals surface area (Å²) in [7, 11) is 1.34. The Morgan fingerprint density at radius 3 is 3.00 bits per heavy atom. The van der Waals surface area contributed by atoms with Crippen LogP contribution in [0.25, 0.3) is 0 Å². The number of nitrogens with zero attached hydrogens (tertiary/aromatic N) is 2. The SMILES string of the molecule is COC(=O)C1CN(c2cc(Cl)ncc2F)C1. The lowest BCUT2D eigenvalue weighted by Gasteiger charge is -2.39. The first-order valence-corrected chi connectivity index (χ1v) is 5.13. The molecule has 1 aromatic heterocycles. The summed E-state index contributed by atoms with van der Waals surface area (Å²) >= 11 is 5.67. The minimum Gasteiger partial charge on any atom is -0.469 e. The van der Waals surface area contributed by atoms with E-state index in [1.165, 1.54) is 13.2 Å². The molecule has 0 amide bonds. The molecular formula is C10H10ClFN2O2. The van der Waals surface area contributed by atoms with Crippen LogP contribution in [-0.2, 0) is 9.53 Å². The summed E-state index contributed by atoms with van der Waals surface area (Å²) in [5.41, 5.74) is 0.375. The number of anilines is 1. The van der Waals surface area contributed by atoms with Gasteiger partial charge in [-0.05, 0) is 0 Å². The Balaban J connectivity index is 2.06. The Hall–Kier alpha value is -1.36. The second-order valence-electron chi connectivity index (χ2n) is 3.58. The third-order valence-electron chi connectivity index (χ3n) is 2.56. The van der Waals surface area contributed by atoms with E-state index in [9.17, 15) is 9.18 Å². The van der Waals surface area contributed by atoms with Gasteiger partial charge in [0.2, 0.25) is 0 Å². The molecule has 0 radical (unpaired) electrons. The van der Waals surface area contributed by atoms with Crippen molar-refractivity contribution in [3.8, 4) is 0 Å². The van der Waals surface area contributed by atoms with Gasteiger partial charge in [-0.1, -0.05) is 11.6 Å². The van der Waals surface area contributed by atoms with Gasteiger partial charge in [-0.2, -0.15) is 0 Å². The molecule has 0 aliphatic carbocycles. The molecule has 0 saturated carbocycles. The normalized spacial score (nSPS) is 15.8. The first kappa shape index (κ1) is 11.1. The van der Waals surface area contributed by atoms with Crippen LogP contribution in [0.2, 0.25) is 5.15 Å². The molecule has 0 N–H and O–H groups in total. The number of carbonyl (C=O) groups is 1. The van der Waals surface area contributed by atoms with Gasteiger partial charge in [0.1, 0.15) is 5.15 Å². The van der Waals surface area contributed by atoms with Crippen molar-refractivity contribution in [3.05, 3.63) is 23.2 Å². The van der Waals surface area contributed by atoms with Crippen molar-refractivity contribution in [3.63, 3.8) is 0 Å². The maximum absolute atomic E-state index is 13.4. The second kappa shape index (κ2) is 4.25. The predicted molar refractivity (Wildman–Crippen MR) is 56.9 cm³/mol. The molecule has 0 aromatic carbocycles. The average molecular weight is 245 g/mol. The summed E-state index contributed by atoms with van der Waals surface area (Å²) in [6, 6.07) is 1.45. The predicted octanol–water partition coefficient (Wildman–Crippen LogP) is 1.48. The fourth-order valence-electron chi connectivity index (χ4n) is 1.64. The average Bonchev–Trinajstić information content (AvgIpc) is 2.20. The lowest BCUT2D eigenvalue weighted by atomic mass is 10.00. The van der Waals surface area contributed by atoms with Crippen LogP contribution in [0.15, 0.2) is 12.3 Å². The van der Waals surface area contributed by atoms with Crippen molar-refractivity contribution < 1.29 is 13.9 Å². The number of hydrogen-bond acceptors (Lipinski definition) is 4. The van der Waals surface area contributed by atoms with Crippen LogP contribution in [0.4, 0.5) is 10.1 Å². The molecule has 1 aliphatic rings. The number of aromatic nitrogens is 1. The number of hydrogen-bond donors (Lipinski definition) is 0. The molecule has 1 saturated heterocycles. The van der Waals surface area contributed by atoms with Gasteiger partial charge in [-0.25, -0.2) is 9.37 Å². The summed E-state index contributed by atoms with van der Waals surface area (Å²) in [5.74, 6) is -0.888. The summed E-state index contributed by atoms with van der Waals surface area (Å²) in [6.07, 6.45) is 1.07. The van der Waals surface area contributed by atoms with Crippen molar-refractivity contribution in [1.82, 2.24) is 4.98 Å². The quantitative estimate of drug-likeness (QED) is 0.584. The highest BCUT2D eigenvalue weighted by Gasteiger charge is 2.34. The molecule has 0 spiro atoms. The molecule has 1 aliphatic heterocycles. The highest BCUT2D eigenvalue weighted by Crippen LogP contribution is 2.28. The molecule has 86 valence electrons. The Kier molecular flexibility index (Phi) is 2.96. The fourth-order valence-corrected chi connectivity index (χ4v) is 1.79. The Morgan fingerprint density at radius 2 is 2.38 bits per heavy atom. The van der Waals surface area contributed by atoms with Crippen LogP contribution in [0.1, 0.15) is 0 Å². The van der Waals surface area contributed by atoms with Gasteiger partial charge >= 0.3 is 5.97 Å². The molecular weight excluding hydrogens is 235 g/mol. The van der Waals surface area contributed by atoms with E-state index < -0.39 is 5.82 Å². The van der Waals surface area contributed by atoms with E-state index in [0.29, 0.717) is 18.8 Å². The maximum atomic E-state index is 13.4. The molecule has 6 heteroatoms. The maximum Gasteiger partial charge on any atom is 0.312 e. The summed E-state index contributed by atoms with van der Waals surface area (Å²) < 4.78 is 18.0. The number of rotatable bonds is 2. The van der Waals surface area contributed by atoms with Crippen molar-refractivity contribution in [2.75, 3.05) is 25.1 Å². The van der Waals surface area contributed by atoms with E-state index in [1.807, 2.05) is 0 Å². The zero-order valence-electron chi connectivity index (χ0n) is 8.61. The van der Waals surface area contributed by atoms with Crippen LogP contribution in [0.3, 0.4) is 0 Å². The highest BCUT2D eigenvalue weighted by molar-refractivity contribution is 6.29. The molecule has 2 heterocycles. The molecule has 0 atom stereocenters. The summed E-state index contributed by atoms with van der Waals surface area (Å²) in [4.78, 5) is 16.5. The molecule has 0 unspecified atom stereocenters. The van der Waals surface area contributed by atoms with Gasteiger partial charge in [0.25, 0.3) is 0 Å². The molecule has 4 nitrogen and oxygen atoms in total. The van der Waals surface area contributed by atoms with Gasteiger partial charge in [-0.15, -0.1) is 0 Å². The summed E-state index contributed by atoms with van der Waals surface area (Å²) in [6.45, 7) is 0.897. The standard InChI is InChI=1S/C10H10ClFN2O2/c1-16-10(15)6-4-14(5-6)8-2-9(11)13-3-7(8)12/h2-3,6H,4-5H2,1H3. The number of pyridine rings is 1. The van der Waals surface area contributed by atoms with E-state index >= 15 is 0 Å². The van der Waals surface area contributed by atoms with Gasteiger partial charge in [-0.3, -0.25) is 4.79 Å². The first-order valence-electron chi connectivity index (χ1n) is 4.75. The highest BCUT2D eigenvalue weighted by atomic mass is 35.5. The lowest BCUT2D eigenvalue weighted by Crippen LogP contribution is -2.51. The minimum absolute atomic E-state index is 0.184. The van der Waals surface area contributed by atoms with Crippen LogP contribution in [0.5, 0.6) is 0 Å². The van der Waals surface area contributed by atoms with E-state index in [2.05, 4.69) is 9.72 Å². The van der Waals surface area contributed by atoms with Crippen molar-refractivity contribution in [2.45, 2.75) is 0 Å². The van der Waals surface area contributed by atoms with Crippen molar-refractivity contribution >= 4 is 23.3 Å². The Labute approximate surface area is 97.0 Å². The largest absolute Gasteiger partial charge is 0.469 e. The second-order valence-corrected chi connectivity index (χ2v) is 3.97. The Bertz CT molecular complexity index is 421. The molecule has 1 fully saturated rings. The zero-order valence-corrected chi connectivity index (χ0v) is 9.37. The summed E-state index contributed by atoms with van der Waals surface area (Å²) in [5, 5.41) is 0.234. The van der Waals surface area contributed by atoms with Crippen LogP contribution >= 0.6 is 11.6 Å². The zero-order chi connectivity index (χ0) is 11.7. The van der Waals surface area contributed by atoms with Gasteiger partial charge < -0.3 is 9.64 Å². The van der Waals surface area contributed by atoms with E-state index in [-0.39, 0.29) is 17.0 Å². The number of halogens is 2. The number of methoxy groups -OCH3 is 1. The van der Waals surface area contributed by atoms with E-state index in [1.54, 1.807) is 4.90 Å². The number of esters is 1. The number of carbonyl (C=O) groups excluding carboxylic acids is 1. The smallest absolute Gasteiger partial charge is 0.312 e. The van der Waals surface area contributed by atoms with E-state index in [4.69, 9.17) is 11.6 Å². The molecule has 1 aromatic rings. The first-order chi connectivity index (χ1) is 7.61. The van der Waals surface area contributed by atoms with Gasteiger partial charge in [0, 0.05) is 19.2 Å². The third kappa shape index (κ3) is 1.95. The van der Waals surface area contributed by atoms with Crippen molar-refractivity contribution in [2.24, 2.45) is 5.92 Å². The third-order valence-corrected chi connectivity index (χ3v) is 2.77. The molecule has 16 heavy (non-hydrogen) atoms. The Morgan fingerprint density at radius 1 is 1.69 bits per heavy atom. The topological polar surface area (TPSA) is 42.4 Å². The van der Waals surface area contributed by atoms with Gasteiger partial charge in [0.05, 0.1) is 24.9 Å². The molecule has 0 bridgehead atoms. The van der Waals surface area contributed by atoms with Crippen LogP contribution in [-0.4, -0.2) is 31.2 Å². The van der Waals surface area contributed by atoms with Crippen LogP contribution < -0.4 is 4.90 Å². The minimum atomic E-state index is -0.437. The lowest BCUT2D eigenvalue weighted by molar-refractivity contribution is -0.146. The molecule has 2 rings (SSSR count). The van der Waals surface area contributed by atoms with E-state index in [0.717, 1.165) is 6.20 Å². The fraction of sp³-hybridized carbons (Fsp3) is 0.400.